The largest absolute Gasteiger partial charge is 0.493 e. The highest BCUT2D eigenvalue weighted by Gasteiger charge is 2.06. The van der Waals surface area contributed by atoms with E-state index in [1.54, 1.807) is 6.07 Å². The Morgan fingerprint density at radius 3 is 2.92 bits per heavy atom. The summed E-state index contributed by atoms with van der Waals surface area (Å²) in [6.07, 6.45) is 6.37. The van der Waals surface area contributed by atoms with E-state index in [4.69, 9.17) is 11.2 Å². The van der Waals surface area contributed by atoms with Gasteiger partial charge in [-0.15, -0.1) is 12.3 Å². The van der Waals surface area contributed by atoms with Crippen LogP contribution in [0.15, 0.2) is 18.2 Å². The molecule has 0 aliphatic rings. The molecule has 0 aliphatic carbocycles. The fourth-order valence-electron chi connectivity index (χ4n) is 1.19. The maximum absolute atomic E-state index is 13.1. The van der Waals surface area contributed by atoms with Crippen molar-refractivity contribution in [2.24, 2.45) is 0 Å². The Hall–Kier alpha value is -1.49. The lowest BCUT2D eigenvalue weighted by Crippen LogP contribution is -1.94. The first kappa shape index (κ1) is 9.60. The fourth-order valence-corrected chi connectivity index (χ4v) is 1.19. The normalized spacial score (nSPS) is 9.31. The number of aryl methyl sites for hydroxylation is 1. The van der Waals surface area contributed by atoms with Crippen LogP contribution in [0.1, 0.15) is 12.0 Å². The number of terminal acetylenes is 1. The van der Waals surface area contributed by atoms with Crippen LogP contribution in [0.3, 0.4) is 0 Å². The molecule has 13 heavy (non-hydrogen) atoms. The molecule has 0 fully saturated rings. The molecular weight excluding hydrogens is 167 g/mol. The summed E-state index contributed by atoms with van der Waals surface area (Å²) >= 11 is 0. The highest BCUT2D eigenvalue weighted by molar-refractivity contribution is 5.35. The second kappa shape index (κ2) is 4.51. The van der Waals surface area contributed by atoms with Crippen LogP contribution in [0, 0.1) is 18.2 Å². The van der Waals surface area contributed by atoms with Gasteiger partial charge >= 0.3 is 0 Å². The van der Waals surface area contributed by atoms with E-state index in [-0.39, 0.29) is 5.82 Å². The Labute approximate surface area is 77.5 Å². The topological polar surface area (TPSA) is 9.23 Å². The van der Waals surface area contributed by atoms with Crippen molar-refractivity contribution >= 4 is 0 Å². The number of methoxy groups -OCH3 is 1. The first-order chi connectivity index (χ1) is 6.29. The zero-order valence-corrected chi connectivity index (χ0v) is 7.51. The zero-order valence-electron chi connectivity index (χ0n) is 7.51. The van der Waals surface area contributed by atoms with E-state index in [0.717, 1.165) is 5.56 Å². The molecule has 1 aromatic rings. The van der Waals surface area contributed by atoms with Crippen LogP contribution in [-0.4, -0.2) is 7.11 Å². The van der Waals surface area contributed by atoms with Crippen LogP contribution in [0.2, 0.25) is 0 Å². The molecule has 0 radical (unpaired) electrons. The van der Waals surface area contributed by atoms with Gasteiger partial charge in [-0.2, -0.15) is 0 Å². The molecule has 1 aromatic carbocycles. The summed E-state index contributed by atoms with van der Waals surface area (Å²) in [4.78, 5) is 0. The quantitative estimate of drug-likeness (QED) is 0.646. The van der Waals surface area contributed by atoms with Crippen LogP contribution in [0.4, 0.5) is 4.39 Å². The number of hydrogen-bond acceptors (Lipinski definition) is 1. The molecule has 0 amide bonds. The third-order valence-corrected chi connectivity index (χ3v) is 1.79. The van der Waals surface area contributed by atoms with E-state index in [9.17, 15) is 4.39 Å². The number of ether oxygens (including phenoxy) is 1. The van der Waals surface area contributed by atoms with Crippen molar-refractivity contribution in [1.29, 1.82) is 0 Å². The first-order valence-corrected chi connectivity index (χ1v) is 4.04. The minimum atomic E-state index is -0.336. The minimum Gasteiger partial charge on any atom is -0.493 e. The Bertz CT molecular complexity index is 325. The van der Waals surface area contributed by atoms with Crippen molar-refractivity contribution in [2.45, 2.75) is 12.8 Å². The molecule has 0 saturated heterocycles. The van der Waals surface area contributed by atoms with Crippen LogP contribution in [0.5, 0.6) is 5.75 Å². The van der Waals surface area contributed by atoms with E-state index >= 15 is 0 Å². The number of benzene rings is 1. The third-order valence-electron chi connectivity index (χ3n) is 1.79. The lowest BCUT2D eigenvalue weighted by atomic mass is 10.1. The number of hydrogen-bond donors (Lipinski definition) is 0. The second-order valence-electron chi connectivity index (χ2n) is 2.64. The van der Waals surface area contributed by atoms with Crippen LogP contribution < -0.4 is 4.74 Å². The van der Waals surface area contributed by atoms with Crippen molar-refractivity contribution < 1.29 is 9.13 Å². The molecule has 0 saturated carbocycles. The van der Waals surface area contributed by atoms with Crippen LogP contribution in [-0.2, 0) is 6.42 Å². The minimum absolute atomic E-state index is 0.303. The number of rotatable bonds is 3. The molecule has 0 bridgehead atoms. The SMILES string of the molecule is C#CCCc1cccc(F)c1OC. The van der Waals surface area contributed by atoms with Gasteiger partial charge in [0.05, 0.1) is 7.11 Å². The number of halogens is 1. The summed E-state index contributed by atoms with van der Waals surface area (Å²) < 4.78 is 18.0. The average molecular weight is 178 g/mol. The highest BCUT2D eigenvalue weighted by Crippen LogP contribution is 2.22. The summed E-state index contributed by atoms with van der Waals surface area (Å²) in [5, 5.41) is 0. The van der Waals surface area contributed by atoms with Gasteiger partial charge in [0.25, 0.3) is 0 Å². The monoisotopic (exact) mass is 178 g/mol. The van der Waals surface area contributed by atoms with E-state index < -0.39 is 0 Å². The summed E-state index contributed by atoms with van der Waals surface area (Å²) in [5.74, 6) is 2.48. The lowest BCUT2D eigenvalue weighted by Gasteiger charge is -2.07. The summed E-state index contributed by atoms with van der Waals surface area (Å²) in [7, 11) is 1.46. The smallest absolute Gasteiger partial charge is 0.165 e. The first-order valence-electron chi connectivity index (χ1n) is 4.04. The van der Waals surface area contributed by atoms with E-state index in [1.807, 2.05) is 6.07 Å². The molecule has 2 heteroatoms. The summed E-state index contributed by atoms with van der Waals surface area (Å²) in [5.41, 5.74) is 0.820. The Kier molecular flexibility index (Phi) is 3.33. The predicted octanol–water partition coefficient (Wildman–Crippen LogP) is 2.40. The van der Waals surface area contributed by atoms with Crippen molar-refractivity contribution in [3.8, 4) is 18.1 Å². The van der Waals surface area contributed by atoms with Gasteiger partial charge in [-0.25, -0.2) is 4.39 Å². The average Bonchev–Trinajstić information content (AvgIpc) is 2.15. The standard InChI is InChI=1S/C11H11FO/c1-3-4-6-9-7-5-8-10(12)11(9)13-2/h1,5,7-8H,4,6H2,2H3. The summed E-state index contributed by atoms with van der Waals surface area (Å²) in [6.45, 7) is 0. The fraction of sp³-hybridized carbons (Fsp3) is 0.273. The van der Waals surface area contributed by atoms with Crippen molar-refractivity contribution in [3.63, 3.8) is 0 Å². The molecule has 0 aromatic heterocycles. The van der Waals surface area contributed by atoms with Gasteiger partial charge in [-0.3, -0.25) is 0 Å². The van der Waals surface area contributed by atoms with Gasteiger partial charge < -0.3 is 4.74 Å². The van der Waals surface area contributed by atoms with Gasteiger partial charge in [-0.05, 0) is 18.1 Å². The molecule has 0 unspecified atom stereocenters. The lowest BCUT2D eigenvalue weighted by molar-refractivity contribution is 0.381. The van der Waals surface area contributed by atoms with Crippen LogP contribution >= 0.6 is 0 Å². The molecule has 0 heterocycles. The molecule has 0 N–H and O–H groups in total. The van der Waals surface area contributed by atoms with Gasteiger partial charge in [0.15, 0.2) is 11.6 Å². The van der Waals surface area contributed by atoms with E-state index in [2.05, 4.69) is 5.92 Å². The Morgan fingerprint density at radius 2 is 2.31 bits per heavy atom. The Morgan fingerprint density at radius 1 is 1.54 bits per heavy atom. The van der Waals surface area contributed by atoms with Gasteiger partial charge in [-0.1, -0.05) is 12.1 Å². The zero-order chi connectivity index (χ0) is 9.68. The van der Waals surface area contributed by atoms with Crippen molar-refractivity contribution in [1.82, 2.24) is 0 Å². The van der Waals surface area contributed by atoms with Gasteiger partial charge in [0.1, 0.15) is 0 Å². The maximum atomic E-state index is 13.1. The number of para-hydroxylation sites is 1. The van der Waals surface area contributed by atoms with E-state index in [1.165, 1.54) is 13.2 Å². The highest BCUT2D eigenvalue weighted by atomic mass is 19.1. The van der Waals surface area contributed by atoms with Crippen molar-refractivity contribution in [3.05, 3.63) is 29.6 Å². The molecule has 68 valence electrons. The van der Waals surface area contributed by atoms with Gasteiger partial charge in [0.2, 0.25) is 0 Å². The molecule has 1 rings (SSSR count). The molecular formula is C11H11FO. The van der Waals surface area contributed by atoms with Crippen molar-refractivity contribution in [2.75, 3.05) is 7.11 Å². The molecule has 1 nitrogen and oxygen atoms in total. The second-order valence-corrected chi connectivity index (χ2v) is 2.64. The maximum Gasteiger partial charge on any atom is 0.165 e. The molecule has 0 spiro atoms. The molecule has 0 atom stereocenters. The third kappa shape index (κ3) is 2.22. The van der Waals surface area contributed by atoms with Crippen LogP contribution in [0.25, 0.3) is 0 Å². The molecule has 0 aliphatic heterocycles. The summed E-state index contributed by atoms with van der Waals surface area (Å²) in [6, 6.07) is 4.85. The predicted molar refractivity (Wildman–Crippen MR) is 50.1 cm³/mol. The van der Waals surface area contributed by atoms with E-state index in [0.29, 0.717) is 18.6 Å². The Balaban J connectivity index is 2.93. The van der Waals surface area contributed by atoms with Gasteiger partial charge in [0, 0.05) is 6.42 Å².